The highest BCUT2D eigenvalue weighted by Gasteiger charge is 2.33. The summed E-state index contributed by atoms with van der Waals surface area (Å²) in [6, 6.07) is 5.35. The Labute approximate surface area is 165 Å². The lowest BCUT2D eigenvalue weighted by molar-refractivity contribution is -0.125. The number of carbonyl (C=O) groups excluding carboxylic acids is 3. The standard InChI is InChI=1S/C21H28N2O5/c1-21(2,3)28-20(26)22-9-7-14(8-10-22)18(24)13-23-12-15-11-16(27-4)5-6-17(15)19(23)25/h5-6,11,14H,7-10,12-13H2,1-4H3. The van der Waals surface area contributed by atoms with Crippen LogP contribution in [0.25, 0.3) is 0 Å². The van der Waals surface area contributed by atoms with Crippen molar-refractivity contribution in [2.24, 2.45) is 5.92 Å². The summed E-state index contributed by atoms with van der Waals surface area (Å²) in [4.78, 5) is 40.7. The SMILES string of the molecule is COc1ccc2c(c1)CN(CC(=O)C1CCN(C(=O)OC(C)(C)C)CC1)C2=O. The van der Waals surface area contributed by atoms with Gasteiger partial charge in [-0.15, -0.1) is 0 Å². The first-order chi connectivity index (χ1) is 13.2. The van der Waals surface area contributed by atoms with E-state index in [1.807, 2.05) is 26.8 Å². The maximum absolute atomic E-state index is 12.7. The van der Waals surface area contributed by atoms with Crippen molar-refractivity contribution in [3.05, 3.63) is 29.3 Å². The molecule has 1 aromatic rings. The molecular formula is C21H28N2O5. The van der Waals surface area contributed by atoms with Gasteiger partial charge in [-0.2, -0.15) is 0 Å². The van der Waals surface area contributed by atoms with Crippen LogP contribution in [0.4, 0.5) is 4.79 Å². The summed E-state index contributed by atoms with van der Waals surface area (Å²) in [5, 5.41) is 0. The minimum absolute atomic E-state index is 0.0527. The summed E-state index contributed by atoms with van der Waals surface area (Å²) in [7, 11) is 1.59. The molecule has 0 saturated carbocycles. The molecule has 0 bridgehead atoms. The third-order valence-electron chi connectivity index (χ3n) is 5.14. The van der Waals surface area contributed by atoms with Crippen molar-refractivity contribution in [1.29, 1.82) is 0 Å². The normalized spacial score (nSPS) is 17.5. The van der Waals surface area contributed by atoms with Crippen LogP contribution in [-0.4, -0.2) is 59.9 Å². The number of piperidine rings is 1. The molecule has 0 aliphatic carbocycles. The van der Waals surface area contributed by atoms with Gasteiger partial charge in [0.2, 0.25) is 0 Å². The quantitative estimate of drug-likeness (QED) is 0.793. The first-order valence-corrected chi connectivity index (χ1v) is 9.65. The third kappa shape index (κ3) is 4.46. The van der Waals surface area contributed by atoms with Gasteiger partial charge in [0.25, 0.3) is 5.91 Å². The Balaban J connectivity index is 1.53. The highest BCUT2D eigenvalue weighted by molar-refractivity contribution is 6.00. The van der Waals surface area contributed by atoms with E-state index in [0.717, 1.165) is 5.56 Å². The van der Waals surface area contributed by atoms with Crippen LogP contribution in [0.3, 0.4) is 0 Å². The molecule has 152 valence electrons. The molecule has 0 N–H and O–H groups in total. The van der Waals surface area contributed by atoms with Gasteiger partial charge < -0.3 is 19.3 Å². The number of benzene rings is 1. The summed E-state index contributed by atoms with van der Waals surface area (Å²) in [6.45, 7) is 7.03. The molecule has 2 heterocycles. The van der Waals surface area contributed by atoms with Crippen LogP contribution in [0.2, 0.25) is 0 Å². The average Bonchev–Trinajstić information content (AvgIpc) is 2.95. The van der Waals surface area contributed by atoms with Crippen LogP contribution in [0.1, 0.15) is 49.5 Å². The molecular weight excluding hydrogens is 360 g/mol. The number of ether oxygens (including phenoxy) is 2. The number of fused-ring (bicyclic) bond motifs is 1. The fraction of sp³-hybridized carbons (Fsp3) is 0.571. The van der Waals surface area contributed by atoms with Gasteiger partial charge in [-0.05, 0) is 57.4 Å². The summed E-state index contributed by atoms with van der Waals surface area (Å²) >= 11 is 0. The van der Waals surface area contributed by atoms with E-state index in [1.165, 1.54) is 0 Å². The minimum Gasteiger partial charge on any atom is -0.497 e. The number of methoxy groups -OCH3 is 1. The van der Waals surface area contributed by atoms with Crippen molar-refractivity contribution in [3.8, 4) is 5.75 Å². The lowest BCUT2D eigenvalue weighted by Crippen LogP contribution is -2.44. The van der Waals surface area contributed by atoms with E-state index in [9.17, 15) is 14.4 Å². The fourth-order valence-electron chi connectivity index (χ4n) is 3.64. The molecule has 2 amide bonds. The number of amides is 2. The molecule has 0 unspecified atom stereocenters. The van der Waals surface area contributed by atoms with Gasteiger partial charge in [0, 0.05) is 31.1 Å². The van der Waals surface area contributed by atoms with Crippen LogP contribution in [-0.2, 0) is 16.1 Å². The first-order valence-electron chi connectivity index (χ1n) is 9.65. The Bertz CT molecular complexity index is 775. The Morgan fingerprint density at radius 1 is 1.18 bits per heavy atom. The van der Waals surface area contributed by atoms with Crippen molar-refractivity contribution in [1.82, 2.24) is 9.80 Å². The lowest BCUT2D eigenvalue weighted by Gasteiger charge is -2.33. The number of nitrogens with zero attached hydrogens (tertiary/aromatic N) is 2. The van der Waals surface area contributed by atoms with Crippen LogP contribution in [0.5, 0.6) is 5.75 Å². The van der Waals surface area contributed by atoms with Gasteiger partial charge in [0.1, 0.15) is 11.4 Å². The molecule has 3 rings (SSSR count). The van der Waals surface area contributed by atoms with Crippen molar-refractivity contribution >= 4 is 17.8 Å². The van der Waals surface area contributed by atoms with Crippen LogP contribution in [0.15, 0.2) is 18.2 Å². The second kappa shape index (κ2) is 7.81. The van der Waals surface area contributed by atoms with E-state index >= 15 is 0 Å². The maximum Gasteiger partial charge on any atom is 0.410 e. The van der Waals surface area contributed by atoms with Gasteiger partial charge >= 0.3 is 6.09 Å². The van der Waals surface area contributed by atoms with E-state index in [1.54, 1.807) is 29.0 Å². The molecule has 0 aromatic heterocycles. The van der Waals surface area contributed by atoms with Crippen LogP contribution in [0, 0.1) is 5.92 Å². The lowest BCUT2D eigenvalue weighted by atomic mass is 9.92. The van der Waals surface area contributed by atoms with E-state index in [2.05, 4.69) is 0 Å². The largest absolute Gasteiger partial charge is 0.497 e. The van der Waals surface area contributed by atoms with Crippen molar-refractivity contribution in [2.45, 2.75) is 45.8 Å². The maximum atomic E-state index is 12.7. The van der Waals surface area contributed by atoms with Crippen LogP contribution < -0.4 is 4.74 Å². The van der Waals surface area contributed by atoms with Gasteiger partial charge in [0.15, 0.2) is 5.78 Å². The van der Waals surface area contributed by atoms with Crippen molar-refractivity contribution < 1.29 is 23.9 Å². The minimum atomic E-state index is -0.530. The summed E-state index contributed by atoms with van der Waals surface area (Å²) in [5.41, 5.74) is 0.989. The zero-order valence-electron chi connectivity index (χ0n) is 17.0. The van der Waals surface area contributed by atoms with Gasteiger partial charge in [-0.3, -0.25) is 9.59 Å². The predicted molar refractivity (Wildman–Crippen MR) is 103 cm³/mol. The number of rotatable bonds is 4. The smallest absolute Gasteiger partial charge is 0.410 e. The van der Waals surface area contributed by atoms with E-state index in [4.69, 9.17) is 9.47 Å². The second-order valence-corrected chi connectivity index (χ2v) is 8.39. The number of carbonyl (C=O) groups is 3. The number of likely N-dealkylation sites (tertiary alicyclic amines) is 1. The molecule has 7 heteroatoms. The molecule has 2 aliphatic rings. The van der Waals surface area contributed by atoms with Crippen molar-refractivity contribution in [2.75, 3.05) is 26.7 Å². The number of ketones is 1. The van der Waals surface area contributed by atoms with E-state index in [-0.39, 0.29) is 30.2 Å². The fourth-order valence-corrected chi connectivity index (χ4v) is 3.64. The summed E-state index contributed by atoms with van der Waals surface area (Å²) in [5.74, 6) is 0.508. The Morgan fingerprint density at radius 3 is 2.46 bits per heavy atom. The highest BCUT2D eigenvalue weighted by atomic mass is 16.6. The Morgan fingerprint density at radius 2 is 1.86 bits per heavy atom. The van der Waals surface area contributed by atoms with E-state index < -0.39 is 5.60 Å². The average molecular weight is 388 g/mol. The van der Waals surface area contributed by atoms with Crippen LogP contribution >= 0.6 is 0 Å². The third-order valence-corrected chi connectivity index (χ3v) is 5.14. The summed E-state index contributed by atoms with van der Waals surface area (Å²) in [6.07, 6.45) is 0.861. The molecule has 1 aromatic carbocycles. The van der Waals surface area contributed by atoms with Crippen molar-refractivity contribution in [3.63, 3.8) is 0 Å². The first kappa shape index (κ1) is 20.2. The monoisotopic (exact) mass is 388 g/mol. The molecule has 2 aliphatic heterocycles. The Hall–Kier alpha value is -2.57. The zero-order valence-corrected chi connectivity index (χ0v) is 17.0. The zero-order chi connectivity index (χ0) is 20.5. The molecule has 28 heavy (non-hydrogen) atoms. The van der Waals surface area contributed by atoms with E-state index in [0.29, 0.717) is 43.8 Å². The number of hydrogen-bond acceptors (Lipinski definition) is 5. The highest BCUT2D eigenvalue weighted by Crippen LogP contribution is 2.28. The topological polar surface area (TPSA) is 76.2 Å². The molecule has 0 radical (unpaired) electrons. The number of hydrogen-bond donors (Lipinski definition) is 0. The molecule has 0 atom stereocenters. The van der Waals surface area contributed by atoms with Gasteiger partial charge in [-0.1, -0.05) is 0 Å². The molecule has 1 saturated heterocycles. The number of Topliss-reactive ketones (excluding diaryl/α,β-unsaturated/α-hetero) is 1. The molecule has 1 fully saturated rings. The molecule has 7 nitrogen and oxygen atoms in total. The van der Waals surface area contributed by atoms with Gasteiger partial charge in [0.05, 0.1) is 13.7 Å². The predicted octanol–water partition coefficient (Wildman–Crippen LogP) is 2.87. The second-order valence-electron chi connectivity index (χ2n) is 8.39. The van der Waals surface area contributed by atoms with Gasteiger partial charge in [-0.25, -0.2) is 4.79 Å². The summed E-state index contributed by atoms with van der Waals surface area (Å²) < 4.78 is 10.6. The molecule has 0 spiro atoms. The Kier molecular flexibility index (Phi) is 5.63.